The summed E-state index contributed by atoms with van der Waals surface area (Å²) < 4.78 is 27.4. The molecule has 9 heteroatoms. The number of anilines is 1. The zero-order valence-electron chi connectivity index (χ0n) is 19.9. The number of nitrogens with one attached hydrogen (secondary N) is 2. The molecule has 1 atom stereocenters. The standard InChI is InChI=1S/C24H38N4O4S/c1-19-5-3-13-27(18-19)14-4-12-25-24(30)17-21-10-15-28(16-11-21)33(31,32)23-8-6-22(7-9-23)26-20(2)29/h6-9,19,21H,3-5,10-18H2,1-2H3,(H,25,30)(H,26,29). The summed E-state index contributed by atoms with van der Waals surface area (Å²) in [7, 11) is -3.58. The lowest BCUT2D eigenvalue weighted by Gasteiger charge is -2.31. The normalized spacial score (nSPS) is 21.0. The number of nitrogens with zero attached hydrogens (tertiary/aromatic N) is 2. The molecule has 0 radical (unpaired) electrons. The van der Waals surface area contributed by atoms with Gasteiger partial charge in [-0.2, -0.15) is 4.31 Å². The molecule has 2 aliphatic heterocycles. The van der Waals surface area contributed by atoms with Crippen LogP contribution in [0.1, 0.15) is 52.4 Å². The summed E-state index contributed by atoms with van der Waals surface area (Å²) in [6.45, 7) is 8.60. The number of benzene rings is 1. The zero-order chi connectivity index (χ0) is 23.8. The number of carbonyl (C=O) groups excluding carboxylic acids is 2. The van der Waals surface area contributed by atoms with Crippen LogP contribution < -0.4 is 10.6 Å². The third-order valence-electron chi connectivity index (χ3n) is 6.57. The maximum Gasteiger partial charge on any atom is 0.243 e. The molecule has 2 saturated heterocycles. The van der Waals surface area contributed by atoms with Gasteiger partial charge in [-0.1, -0.05) is 6.92 Å². The Bertz CT molecular complexity index is 896. The molecule has 33 heavy (non-hydrogen) atoms. The van der Waals surface area contributed by atoms with E-state index in [1.165, 1.54) is 42.7 Å². The van der Waals surface area contributed by atoms with Crippen molar-refractivity contribution in [2.24, 2.45) is 11.8 Å². The Morgan fingerprint density at radius 3 is 2.39 bits per heavy atom. The van der Waals surface area contributed by atoms with E-state index in [9.17, 15) is 18.0 Å². The second kappa shape index (κ2) is 11.9. The van der Waals surface area contributed by atoms with Gasteiger partial charge < -0.3 is 15.5 Å². The molecule has 0 aromatic heterocycles. The number of likely N-dealkylation sites (tertiary alicyclic amines) is 1. The zero-order valence-corrected chi connectivity index (χ0v) is 20.7. The van der Waals surface area contributed by atoms with Gasteiger partial charge in [-0.3, -0.25) is 9.59 Å². The van der Waals surface area contributed by atoms with Gasteiger partial charge in [-0.25, -0.2) is 8.42 Å². The Hall–Kier alpha value is -1.97. The fourth-order valence-electron chi connectivity index (χ4n) is 4.77. The predicted molar refractivity (Wildman–Crippen MR) is 129 cm³/mol. The molecule has 0 aliphatic carbocycles. The highest BCUT2D eigenvalue weighted by Gasteiger charge is 2.30. The van der Waals surface area contributed by atoms with Crippen molar-refractivity contribution in [1.29, 1.82) is 0 Å². The highest BCUT2D eigenvalue weighted by atomic mass is 32.2. The van der Waals surface area contributed by atoms with E-state index in [0.29, 0.717) is 44.6 Å². The van der Waals surface area contributed by atoms with E-state index >= 15 is 0 Å². The summed E-state index contributed by atoms with van der Waals surface area (Å²) in [5.41, 5.74) is 0.566. The summed E-state index contributed by atoms with van der Waals surface area (Å²) in [5.74, 6) is 0.845. The van der Waals surface area contributed by atoms with Crippen LogP contribution >= 0.6 is 0 Å². The molecule has 1 aromatic carbocycles. The van der Waals surface area contributed by atoms with E-state index in [0.717, 1.165) is 25.4 Å². The lowest BCUT2D eigenvalue weighted by molar-refractivity contribution is -0.122. The average Bonchev–Trinajstić information content (AvgIpc) is 2.77. The Morgan fingerprint density at radius 1 is 1.06 bits per heavy atom. The van der Waals surface area contributed by atoms with Crippen molar-refractivity contribution < 1.29 is 18.0 Å². The van der Waals surface area contributed by atoms with E-state index in [1.807, 2.05) is 0 Å². The fourth-order valence-corrected chi connectivity index (χ4v) is 6.24. The van der Waals surface area contributed by atoms with Crippen molar-refractivity contribution in [1.82, 2.24) is 14.5 Å². The van der Waals surface area contributed by atoms with Crippen LogP contribution in [0, 0.1) is 11.8 Å². The average molecular weight is 479 g/mol. The van der Waals surface area contributed by atoms with Crippen LogP contribution in [0.5, 0.6) is 0 Å². The molecule has 2 N–H and O–H groups in total. The lowest BCUT2D eigenvalue weighted by Crippen LogP contribution is -2.40. The van der Waals surface area contributed by atoms with Gasteiger partial charge in [-0.05, 0) is 81.3 Å². The number of piperidine rings is 2. The molecule has 3 rings (SSSR count). The maximum atomic E-state index is 12.9. The van der Waals surface area contributed by atoms with Gasteiger partial charge in [0.25, 0.3) is 0 Å². The van der Waals surface area contributed by atoms with Gasteiger partial charge in [0.1, 0.15) is 0 Å². The smallest absolute Gasteiger partial charge is 0.243 e. The van der Waals surface area contributed by atoms with Crippen molar-refractivity contribution in [3.63, 3.8) is 0 Å². The molecule has 2 heterocycles. The Morgan fingerprint density at radius 2 is 1.76 bits per heavy atom. The second-order valence-electron chi connectivity index (χ2n) is 9.51. The maximum absolute atomic E-state index is 12.9. The minimum atomic E-state index is -3.58. The third-order valence-corrected chi connectivity index (χ3v) is 8.49. The first-order chi connectivity index (χ1) is 15.7. The number of hydrogen-bond acceptors (Lipinski definition) is 5. The van der Waals surface area contributed by atoms with Crippen LogP contribution in [-0.4, -0.2) is 68.7 Å². The molecule has 1 unspecified atom stereocenters. The first kappa shape index (κ1) is 25.6. The Labute approximate surface area is 198 Å². The molecule has 0 spiro atoms. The third kappa shape index (κ3) is 7.79. The molecule has 2 fully saturated rings. The minimum absolute atomic E-state index is 0.0666. The Balaban J connectivity index is 1.37. The molecule has 8 nitrogen and oxygen atoms in total. The number of carbonyl (C=O) groups is 2. The molecular weight excluding hydrogens is 440 g/mol. The number of sulfonamides is 1. The largest absolute Gasteiger partial charge is 0.356 e. The van der Waals surface area contributed by atoms with Crippen molar-refractivity contribution >= 4 is 27.5 Å². The molecule has 2 aliphatic rings. The Kier molecular flexibility index (Phi) is 9.28. The summed E-state index contributed by atoms with van der Waals surface area (Å²) in [4.78, 5) is 26.2. The summed E-state index contributed by atoms with van der Waals surface area (Å²) >= 11 is 0. The second-order valence-corrected chi connectivity index (χ2v) is 11.4. The van der Waals surface area contributed by atoms with Gasteiger partial charge in [-0.15, -0.1) is 0 Å². The van der Waals surface area contributed by atoms with E-state index < -0.39 is 10.0 Å². The number of rotatable bonds is 9. The molecule has 184 valence electrons. The van der Waals surface area contributed by atoms with E-state index in [4.69, 9.17) is 0 Å². The topological polar surface area (TPSA) is 98.8 Å². The monoisotopic (exact) mass is 478 g/mol. The van der Waals surface area contributed by atoms with Crippen LogP contribution in [0.3, 0.4) is 0 Å². The molecule has 1 aromatic rings. The first-order valence-corrected chi connectivity index (χ1v) is 13.5. The van der Waals surface area contributed by atoms with Crippen LogP contribution in [0.2, 0.25) is 0 Å². The van der Waals surface area contributed by atoms with E-state index in [1.54, 1.807) is 12.1 Å². The van der Waals surface area contributed by atoms with Crippen LogP contribution in [0.15, 0.2) is 29.2 Å². The van der Waals surface area contributed by atoms with E-state index in [2.05, 4.69) is 22.5 Å². The van der Waals surface area contributed by atoms with Crippen molar-refractivity contribution in [3.05, 3.63) is 24.3 Å². The molecular formula is C24H38N4O4S. The van der Waals surface area contributed by atoms with Gasteiger partial charge in [0.2, 0.25) is 21.8 Å². The lowest BCUT2D eigenvalue weighted by atomic mass is 9.94. The fraction of sp³-hybridized carbons (Fsp3) is 0.667. The van der Waals surface area contributed by atoms with Crippen molar-refractivity contribution in [2.45, 2.75) is 57.3 Å². The summed E-state index contributed by atoms with van der Waals surface area (Å²) in [6, 6.07) is 6.23. The van der Waals surface area contributed by atoms with Crippen LogP contribution in [0.4, 0.5) is 5.69 Å². The van der Waals surface area contributed by atoms with Crippen molar-refractivity contribution in [3.8, 4) is 0 Å². The summed E-state index contributed by atoms with van der Waals surface area (Å²) in [6.07, 6.45) is 5.38. The number of amides is 2. The molecule has 2 amide bonds. The van der Waals surface area contributed by atoms with E-state index in [-0.39, 0.29) is 22.6 Å². The minimum Gasteiger partial charge on any atom is -0.356 e. The van der Waals surface area contributed by atoms with Gasteiger partial charge in [0.15, 0.2) is 0 Å². The molecule has 0 saturated carbocycles. The van der Waals surface area contributed by atoms with Gasteiger partial charge in [0.05, 0.1) is 4.90 Å². The highest BCUT2D eigenvalue weighted by molar-refractivity contribution is 7.89. The SMILES string of the molecule is CC(=O)Nc1ccc(S(=O)(=O)N2CCC(CC(=O)NCCCN3CCCC(C)C3)CC2)cc1. The van der Waals surface area contributed by atoms with Crippen LogP contribution in [-0.2, 0) is 19.6 Å². The summed E-state index contributed by atoms with van der Waals surface area (Å²) in [5, 5.41) is 5.68. The first-order valence-electron chi connectivity index (χ1n) is 12.1. The predicted octanol–water partition coefficient (Wildman–Crippen LogP) is 2.67. The quantitative estimate of drug-likeness (QED) is 0.532. The van der Waals surface area contributed by atoms with Gasteiger partial charge >= 0.3 is 0 Å². The van der Waals surface area contributed by atoms with Crippen LogP contribution in [0.25, 0.3) is 0 Å². The number of hydrogen-bond donors (Lipinski definition) is 2. The van der Waals surface area contributed by atoms with Crippen molar-refractivity contribution in [2.75, 3.05) is 44.6 Å². The van der Waals surface area contributed by atoms with Gasteiger partial charge in [0, 0.05) is 45.2 Å². The molecule has 0 bridgehead atoms. The highest BCUT2D eigenvalue weighted by Crippen LogP contribution is 2.26.